The monoisotopic (exact) mass is 314 g/mol. The summed E-state index contributed by atoms with van der Waals surface area (Å²) in [6.07, 6.45) is 4.53. The lowest BCUT2D eigenvalue weighted by molar-refractivity contribution is 0.239. The zero-order valence-corrected chi connectivity index (χ0v) is 13.4. The summed E-state index contributed by atoms with van der Waals surface area (Å²) >= 11 is 0. The van der Waals surface area contributed by atoms with Crippen molar-refractivity contribution in [3.05, 3.63) is 23.5 Å². The summed E-state index contributed by atoms with van der Waals surface area (Å²) in [4.78, 5) is -0.0360. The zero-order chi connectivity index (χ0) is 15.6. The smallest absolute Gasteiger partial charge is 0.243 e. The van der Waals surface area contributed by atoms with Crippen molar-refractivity contribution in [3.63, 3.8) is 0 Å². The van der Waals surface area contributed by atoms with Gasteiger partial charge < -0.3 is 5.73 Å². The standard InChI is InChI=1S/C15H23FN2O2S/c1-3-6-12-7-4-5-8-18(12)21(19,20)13-9-14(16)11(2)15(17)10-13/h9-10,12H,3-8,17H2,1-2H3. The summed E-state index contributed by atoms with van der Waals surface area (Å²) in [6, 6.07) is 2.46. The molecule has 1 fully saturated rings. The van der Waals surface area contributed by atoms with E-state index in [1.807, 2.05) is 6.92 Å². The normalized spacial score (nSPS) is 20.6. The second-order valence-electron chi connectivity index (χ2n) is 5.67. The molecule has 1 aliphatic rings. The van der Waals surface area contributed by atoms with Gasteiger partial charge in [-0.05, 0) is 38.3 Å². The van der Waals surface area contributed by atoms with Crippen LogP contribution in [0.3, 0.4) is 0 Å². The number of sulfonamides is 1. The van der Waals surface area contributed by atoms with Gasteiger partial charge in [0.2, 0.25) is 10.0 Å². The molecule has 21 heavy (non-hydrogen) atoms. The van der Waals surface area contributed by atoms with Crippen LogP contribution < -0.4 is 5.73 Å². The largest absolute Gasteiger partial charge is 0.398 e. The molecule has 1 aromatic rings. The van der Waals surface area contributed by atoms with E-state index in [1.54, 1.807) is 6.92 Å². The van der Waals surface area contributed by atoms with Crippen molar-refractivity contribution < 1.29 is 12.8 Å². The van der Waals surface area contributed by atoms with Crippen molar-refractivity contribution in [3.8, 4) is 0 Å². The number of piperidine rings is 1. The average molecular weight is 314 g/mol. The van der Waals surface area contributed by atoms with Gasteiger partial charge in [0.05, 0.1) is 4.90 Å². The molecule has 118 valence electrons. The SMILES string of the molecule is CCCC1CCCCN1S(=O)(=O)c1cc(N)c(C)c(F)c1. The van der Waals surface area contributed by atoms with Crippen LogP contribution in [0.4, 0.5) is 10.1 Å². The van der Waals surface area contributed by atoms with Gasteiger partial charge in [-0.1, -0.05) is 19.8 Å². The predicted molar refractivity (Wildman–Crippen MR) is 82.0 cm³/mol. The fourth-order valence-corrected chi connectivity index (χ4v) is 4.64. The Bertz CT molecular complexity index is 591. The topological polar surface area (TPSA) is 63.4 Å². The third-order valence-electron chi connectivity index (χ3n) is 4.16. The summed E-state index contributed by atoms with van der Waals surface area (Å²) in [7, 11) is -3.68. The van der Waals surface area contributed by atoms with Crippen molar-refractivity contribution in [2.75, 3.05) is 12.3 Å². The van der Waals surface area contributed by atoms with E-state index in [0.29, 0.717) is 6.54 Å². The lowest BCUT2D eigenvalue weighted by Crippen LogP contribution is -2.43. The van der Waals surface area contributed by atoms with Crippen LogP contribution in [0, 0.1) is 12.7 Å². The van der Waals surface area contributed by atoms with Crippen molar-refractivity contribution in [1.82, 2.24) is 4.31 Å². The van der Waals surface area contributed by atoms with E-state index < -0.39 is 15.8 Å². The van der Waals surface area contributed by atoms with E-state index in [-0.39, 0.29) is 22.2 Å². The minimum atomic E-state index is -3.68. The number of nitrogens with two attached hydrogens (primary N) is 1. The summed E-state index contributed by atoms with van der Waals surface area (Å²) < 4.78 is 40.9. The molecular formula is C15H23FN2O2S. The maximum atomic E-state index is 13.8. The molecule has 2 rings (SSSR count). The minimum Gasteiger partial charge on any atom is -0.398 e. The third-order valence-corrected chi connectivity index (χ3v) is 6.09. The van der Waals surface area contributed by atoms with Gasteiger partial charge in [0.25, 0.3) is 0 Å². The van der Waals surface area contributed by atoms with Crippen LogP contribution in [-0.4, -0.2) is 25.3 Å². The summed E-state index contributed by atoms with van der Waals surface area (Å²) in [5.74, 6) is -0.572. The van der Waals surface area contributed by atoms with E-state index in [9.17, 15) is 12.8 Å². The first-order chi connectivity index (χ1) is 9.87. The Morgan fingerprint density at radius 2 is 2.10 bits per heavy atom. The van der Waals surface area contributed by atoms with E-state index in [1.165, 1.54) is 10.4 Å². The molecule has 0 saturated carbocycles. The van der Waals surface area contributed by atoms with Crippen LogP contribution in [0.5, 0.6) is 0 Å². The van der Waals surface area contributed by atoms with Crippen LogP contribution in [0.1, 0.15) is 44.6 Å². The molecule has 1 unspecified atom stereocenters. The first kappa shape index (κ1) is 16.2. The molecule has 0 aliphatic carbocycles. The van der Waals surface area contributed by atoms with Gasteiger partial charge >= 0.3 is 0 Å². The summed E-state index contributed by atoms with van der Waals surface area (Å²) in [5, 5.41) is 0. The van der Waals surface area contributed by atoms with Gasteiger partial charge in [0.15, 0.2) is 0 Å². The van der Waals surface area contributed by atoms with Gasteiger partial charge in [0.1, 0.15) is 5.82 Å². The Morgan fingerprint density at radius 1 is 1.38 bits per heavy atom. The van der Waals surface area contributed by atoms with Crippen LogP contribution in [0.2, 0.25) is 0 Å². The lowest BCUT2D eigenvalue weighted by atomic mass is 10.0. The number of rotatable bonds is 4. The Kier molecular flexibility index (Phi) is 4.88. The molecule has 1 heterocycles. The predicted octanol–water partition coefficient (Wildman–Crippen LogP) is 3.06. The summed E-state index contributed by atoms with van der Waals surface area (Å²) in [6.45, 7) is 4.09. The van der Waals surface area contributed by atoms with Crippen LogP contribution in [0.25, 0.3) is 0 Å². The number of anilines is 1. The molecule has 0 radical (unpaired) electrons. The minimum absolute atomic E-state index is 0.0133. The molecule has 0 spiro atoms. The maximum Gasteiger partial charge on any atom is 0.243 e. The highest BCUT2D eigenvalue weighted by Crippen LogP contribution is 2.30. The van der Waals surface area contributed by atoms with Crippen LogP contribution in [-0.2, 0) is 10.0 Å². The van der Waals surface area contributed by atoms with E-state index >= 15 is 0 Å². The number of hydrogen-bond donors (Lipinski definition) is 1. The van der Waals surface area contributed by atoms with Gasteiger partial charge in [-0.25, -0.2) is 12.8 Å². The average Bonchev–Trinajstić information content (AvgIpc) is 2.45. The van der Waals surface area contributed by atoms with Crippen LogP contribution >= 0.6 is 0 Å². The third kappa shape index (κ3) is 3.21. The maximum absolute atomic E-state index is 13.8. The second kappa shape index (κ2) is 6.32. The van der Waals surface area contributed by atoms with Gasteiger partial charge in [-0.3, -0.25) is 0 Å². The van der Waals surface area contributed by atoms with E-state index in [0.717, 1.165) is 38.2 Å². The Morgan fingerprint density at radius 3 is 2.71 bits per heavy atom. The quantitative estimate of drug-likeness (QED) is 0.869. The number of nitrogens with zero attached hydrogens (tertiary/aromatic N) is 1. The molecule has 1 saturated heterocycles. The highest BCUT2D eigenvalue weighted by Gasteiger charge is 2.33. The number of halogens is 1. The Balaban J connectivity index is 2.40. The van der Waals surface area contributed by atoms with Crippen molar-refractivity contribution in [2.45, 2.75) is 56.9 Å². The van der Waals surface area contributed by atoms with Crippen molar-refractivity contribution in [1.29, 1.82) is 0 Å². The molecule has 0 bridgehead atoms. The molecule has 0 aromatic heterocycles. The van der Waals surface area contributed by atoms with E-state index in [4.69, 9.17) is 5.73 Å². The zero-order valence-electron chi connectivity index (χ0n) is 12.6. The molecular weight excluding hydrogens is 291 g/mol. The second-order valence-corrected chi connectivity index (χ2v) is 7.56. The van der Waals surface area contributed by atoms with E-state index in [2.05, 4.69) is 0 Å². The Labute approximate surface area is 126 Å². The molecule has 0 amide bonds. The number of nitrogen functional groups attached to an aromatic ring is 1. The van der Waals surface area contributed by atoms with Gasteiger partial charge in [-0.15, -0.1) is 0 Å². The fraction of sp³-hybridized carbons (Fsp3) is 0.600. The molecule has 4 nitrogen and oxygen atoms in total. The first-order valence-electron chi connectivity index (χ1n) is 7.45. The highest BCUT2D eigenvalue weighted by atomic mass is 32.2. The first-order valence-corrected chi connectivity index (χ1v) is 8.89. The lowest BCUT2D eigenvalue weighted by Gasteiger charge is -2.34. The molecule has 1 atom stereocenters. The van der Waals surface area contributed by atoms with Crippen molar-refractivity contribution >= 4 is 15.7 Å². The highest BCUT2D eigenvalue weighted by molar-refractivity contribution is 7.89. The molecule has 2 N–H and O–H groups in total. The molecule has 6 heteroatoms. The van der Waals surface area contributed by atoms with Gasteiger partial charge in [0, 0.05) is 23.8 Å². The van der Waals surface area contributed by atoms with Gasteiger partial charge in [-0.2, -0.15) is 4.31 Å². The summed E-state index contributed by atoms with van der Waals surface area (Å²) in [5.41, 5.74) is 6.19. The molecule has 1 aliphatic heterocycles. The number of hydrogen-bond acceptors (Lipinski definition) is 3. The fourth-order valence-electron chi connectivity index (χ4n) is 2.87. The Hall–Kier alpha value is -1.14. The van der Waals surface area contributed by atoms with Crippen molar-refractivity contribution in [2.24, 2.45) is 0 Å². The number of benzene rings is 1. The van der Waals surface area contributed by atoms with Crippen LogP contribution in [0.15, 0.2) is 17.0 Å². The molecule has 1 aromatic carbocycles.